The SMILES string of the molecule is O=C(O)CCCCNCCCOc1ccc(Oc2ccc(F)cc2F)cc1. The molecule has 0 fully saturated rings. The number of hydrogen-bond donors (Lipinski definition) is 2. The number of carboxylic acid groups (broad SMARTS) is 1. The van der Waals surface area contributed by atoms with Crippen LogP contribution in [0.15, 0.2) is 42.5 Å². The zero-order chi connectivity index (χ0) is 19.5. The molecule has 0 atom stereocenters. The van der Waals surface area contributed by atoms with E-state index in [0.29, 0.717) is 24.5 Å². The van der Waals surface area contributed by atoms with E-state index < -0.39 is 17.6 Å². The summed E-state index contributed by atoms with van der Waals surface area (Å²) in [7, 11) is 0. The van der Waals surface area contributed by atoms with Crippen LogP contribution in [0.3, 0.4) is 0 Å². The van der Waals surface area contributed by atoms with Gasteiger partial charge in [-0.25, -0.2) is 8.78 Å². The Labute approximate surface area is 156 Å². The van der Waals surface area contributed by atoms with Gasteiger partial charge in [0.2, 0.25) is 0 Å². The zero-order valence-corrected chi connectivity index (χ0v) is 14.9. The van der Waals surface area contributed by atoms with E-state index in [4.69, 9.17) is 14.6 Å². The number of halogens is 2. The molecule has 0 spiro atoms. The largest absolute Gasteiger partial charge is 0.494 e. The second-order valence-electron chi connectivity index (χ2n) is 5.95. The molecule has 146 valence electrons. The Bertz CT molecular complexity index is 722. The zero-order valence-electron chi connectivity index (χ0n) is 14.9. The molecule has 0 aliphatic heterocycles. The number of rotatable bonds is 12. The third kappa shape index (κ3) is 8.04. The van der Waals surface area contributed by atoms with Crippen LogP contribution in [0, 0.1) is 11.6 Å². The molecule has 2 aromatic carbocycles. The Morgan fingerprint density at radius 1 is 0.963 bits per heavy atom. The molecule has 7 heteroatoms. The van der Waals surface area contributed by atoms with Crippen molar-refractivity contribution in [3.8, 4) is 17.2 Å². The molecule has 2 rings (SSSR count). The minimum Gasteiger partial charge on any atom is -0.494 e. The van der Waals surface area contributed by atoms with Crippen LogP contribution in [0.5, 0.6) is 17.2 Å². The molecule has 0 aromatic heterocycles. The van der Waals surface area contributed by atoms with Gasteiger partial charge in [-0.1, -0.05) is 0 Å². The average Bonchev–Trinajstić information content (AvgIpc) is 2.63. The summed E-state index contributed by atoms with van der Waals surface area (Å²) in [6.07, 6.45) is 2.54. The van der Waals surface area contributed by atoms with Crippen LogP contribution in [0.1, 0.15) is 25.7 Å². The molecule has 5 nitrogen and oxygen atoms in total. The van der Waals surface area contributed by atoms with Crippen molar-refractivity contribution < 1.29 is 28.2 Å². The predicted octanol–water partition coefficient (Wildman–Crippen LogP) is 4.37. The molecule has 0 bridgehead atoms. The molecule has 0 unspecified atom stereocenters. The first kappa shape index (κ1) is 20.6. The molecule has 0 aliphatic carbocycles. The molecule has 0 radical (unpaired) electrons. The number of carbonyl (C=O) groups is 1. The number of unbranched alkanes of at least 4 members (excludes halogenated alkanes) is 1. The summed E-state index contributed by atoms with van der Waals surface area (Å²) in [6.45, 7) is 2.12. The van der Waals surface area contributed by atoms with Gasteiger partial charge >= 0.3 is 5.97 Å². The van der Waals surface area contributed by atoms with Crippen molar-refractivity contribution in [3.05, 3.63) is 54.1 Å². The second-order valence-corrected chi connectivity index (χ2v) is 5.95. The minimum atomic E-state index is -0.761. The Kier molecular flexibility index (Phi) is 8.51. The Morgan fingerprint density at radius 3 is 2.37 bits per heavy atom. The lowest BCUT2D eigenvalue weighted by Crippen LogP contribution is -2.18. The van der Waals surface area contributed by atoms with Crippen molar-refractivity contribution in [1.29, 1.82) is 0 Å². The number of ether oxygens (including phenoxy) is 2. The van der Waals surface area contributed by atoms with Crippen molar-refractivity contribution in [2.24, 2.45) is 0 Å². The highest BCUT2D eigenvalue weighted by atomic mass is 19.1. The summed E-state index contributed by atoms with van der Waals surface area (Å²) in [5.74, 6) is -1.12. The van der Waals surface area contributed by atoms with Crippen LogP contribution in [-0.4, -0.2) is 30.8 Å². The van der Waals surface area contributed by atoms with Gasteiger partial charge in [-0.15, -0.1) is 0 Å². The maximum Gasteiger partial charge on any atom is 0.303 e. The monoisotopic (exact) mass is 379 g/mol. The lowest BCUT2D eigenvalue weighted by Gasteiger charge is -2.09. The van der Waals surface area contributed by atoms with Gasteiger partial charge in [-0.05, 0) is 68.8 Å². The number of benzene rings is 2. The van der Waals surface area contributed by atoms with Gasteiger partial charge < -0.3 is 19.9 Å². The maximum absolute atomic E-state index is 13.6. The van der Waals surface area contributed by atoms with Crippen molar-refractivity contribution >= 4 is 5.97 Å². The van der Waals surface area contributed by atoms with Gasteiger partial charge in [-0.2, -0.15) is 0 Å². The number of aliphatic carboxylic acids is 1. The lowest BCUT2D eigenvalue weighted by atomic mass is 10.2. The fourth-order valence-electron chi connectivity index (χ4n) is 2.33. The van der Waals surface area contributed by atoms with E-state index in [1.807, 2.05) is 0 Å². The highest BCUT2D eigenvalue weighted by Gasteiger charge is 2.06. The molecule has 0 saturated carbocycles. The van der Waals surface area contributed by atoms with Gasteiger partial charge in [0.1, 0.15) is 17.3 Å². The van der Waals surface area contributed by atoms with E-state index in [1.54, 1.807) is 24.3 Å². The molecular weight excluding hydrogens is 356 g/mol. The Morgan fingerprint density at radius 2 is 1.67 bits per heavy atom. The van der Waals surface area contributed by atoms with Crippen molar-refractivity contribution in [1.82, 2.24) is 5.32 Å². The fraction of sp³-hybridized carbons (Fsp3) is 0.350. The second kappa shape index (κ2) is 11.1. The van der Waals surface area contributed by atoms with Gasteiger partial charge in [0, 0.05) is 12.5 Å². The van der Waals surface area contributed by atoms with Crippen LogP contribution in [0.4, 0.5) is 8.78 Å². The van der Waals surface area contributed by atoms with Crippen LogP contribution in [-0.2, 0) is 4.79 Å². The molecule has 0 amide bonds. The summed E-state index contributed by atoms with van der Waals surface area (Å²) in [4.78, 5) is 10.4. The average molecular weight is 379 g/mol. The number of carboxylic acids is 1. The van der Waals surface area contributed by atoms with Gasteiger partial charge in [-0.3, -0.25) is 4.79 Å². The number of hydrogen-bond acceptors (Lipinski definition) is 4. The van der Waals surface area contributed by atoms with E-state index in [9.17, 15) is 13.6 Å². The molecule has 0 aliphatic rings. The first-order chi connectivity index (χ1) is 13.0. The summed E-state index contributed by atoms with van der Waals surface area (Å²) >= 11 is 0. The van der Waals surface area contributed by atoms with Crippen LogP contribution in [0.2, 0.25) is 0 Å². The summed E-state index contributed by atoms with van der Waals surface area (Å²) < 4.78 is 37.4. The normalized spacial score (nSPS) is 10.6. The number of nitrogens with one attached hydrogen (secondary N) is 1. The smallest absolute Gasteiger partial charge is 0.303 e. The Balaban J connectivity index is 1.62. The van der Waals surface area contributed by atoms with E-state index in [1.165, 1.54) is 6.07 Å². The molecular formula is C20H23F2NO4. The highest BCUT2D eigenvalue weighted by Crippen LogP contribution is 2.26. The quantitative estimate of drug-likeness (QED) is 0.536. The van der Waals surface area contributed by atoms with Crippen molar-refractivity contribution in [2.75, 3.05) is 19.7 Å². The van der Waals surface area contributed by atoms with Crippen LogP contribution in [0.25, 0.3) is 0 Å². The van der Waals surface area contributed by atoms with Gasteiger partial charge in [0.25, 0.3) is 0 Å². The molecule has 27 heavy (non-hydrogen) atoms. The lowest BCUT2D eigenvalue weighted by molar-refractivity contribution is -0.137. The summed E-state index contributed by atoms with van der Waals surface area (Å²) in [5.41, 5.74) is 0. The van der Waals surface area contributed by atoms with Gasteiger partial charge in [0.15, 0.2) is 11.6 Å². The van der Waals surface area contributed by atoms with Crippen molar-refractivity contribution in [3.63, 3.8) is 0 Å². The van der Waals surface area contributed by atoms with E-state index >= 15 is 0 Å². The van der Waals surface area contributed by atoms with Crippen LogP contribution >= 0.6 is 0 Å². The third-order valence-electron chi connectivity index (χ3n) is 3.71. The minimum absolute atomic E-state index is 0.0421. The fourth-order valence-corrected chi connectivity index (χ4v) is 2.33. The molecule has 2 N–H and O–H groups in total. The Hall–Kier alpha value is -2.67. The molecule has 2 aromatic rings. The molecule has 0 saturated heterocycles. The highest BCUT2D eigenvalue weighted by molar-refractivity contribution is 5.66. The molecule has 0 heterocycles. The first-order valence-corrected chi connectivity index (χ1v) is 8.83. The van der Waals surface area contributed by atoms with E-state index in [-0.39, 0.29) is 12.2 Å². The first-order valence-electron chi connectivity index (χ1n) is 8.83. The predicted molar refractivity (Wildman–Crippen MR) is 97.3 cm³/mol. The van der Waals surface area contributed by atoms with E-state index in [2.05, 4.69) is 5.32 Å². The standard InChI is InChI=1S/C20H23F2NO4/c21-15-5-10-19(18(22)14-15)27-17-8-6-16(7-9-17)26-13-3-12-23-11-2-1-4-20(24)25/h5-10,14,23H,1-4,11-13H2,(H,24,25). The topological polar surface area (TPSA) is 67.8 Å². The van der Waals surface area contributed by atoms with E-state index in [0.717, 1.165) is 38.1 Å². The van der Waals surface area contributed by atoms with Gasteiger partial charge in [0.05, 0.1) is 6.61 Å². The maximum atomic E-state index is 13.6. The van der Waals surface area contributed by atoms with Crippen molar-refractivity contribution in [2.45, 2.75) is 25.7 Å². The summed E-state index contributed by atoms with van der Waals surface area (Å²) in [5, 5.41) is 11.8. The third-order valence-corrected chi connectivity index (χ3v) is 3.71. The van der Waals surface area contributed by atoms with Crippen LogP contribution < -0.4 is 14.8 Å². The summed E-state index contributed by atoms with van der Waals surface area (Å²) in [6, 6.07) is 9.89.